The van der Waals surface area contributed by atoms with E-state index in [0.717, 1.165) is 0 Å². The van der Waals surface area contributed by atoms with Crippen molar-refractivity contribution < 1.29 is 19.8 Å². The van der Waals surface area contributed by atoms with E-state index in [1.54, 1.807) is 12.1 Å². The van der Waals surface area contributed by atoms with E-state index < -0.39 is 23.9 Å². The topological polar surface area (TPSA) is 99.5 Å². The second-order valence-corrected chi connectivity index (χ2v) is 3.64. The number of pyridine rings is 1. The second kappa shape index (κ2) is 5.95. The Morgan fingerprint density at radius 2 is 2.24 bits per heavy atom. The van der Waals surface area contributed by atoms with Gasteiger partial charge in [0.05, 0.1) is 17.6 Å². The maximum Gasteiger partial charge on any atom is 0.310 e. The third kappa shape index (κ3) is 3.84. The molecule has 17 heavy (non-hydrogen) atoms. The number of nitrogens with one attached hydrogen (secondary N) is 1. The number of carbonyl (C=O) groups is 2. The van der Waals surface area contributed by atoms with E-state index in [0.29, 0.717) is 5.56 Å². The standard InChI is InChI=1S/C11H14N2O4/c1-7(14)9(11(16)17)6-13-10(15)8-3-2-4-12-5-8/h2-5,7,9,14H,6H2,1H3,(H,13,15)(H,16,17). The lowest BCUT2D eigenvalue weighted by Gasteiger charge is -2.15. The van der Waals surface area contributed by atoms with Crippen LogP contribution in [0.3, 0.4) is 0 Å². The van der Waals surface area contributed by atoms with Gasteiger partial charge in [0.2, 0.25) is 0 Å². The van der Waals surface area contributed by atoms with Gasteiger partial charge in [0.25, 0.3) is 5.91 Å². The van der Waals surface area contributed by atoms with E-state index >= 15 is 0 Å². The monoisotopic (exact) mass is 238 g/mol. The summed E-state index contributed by atoms with van der Waals surface area (Å²) in [5.41, 5.74) is 0.349. The molecule has 6 heteroatoms. The molecule has 0 aliphatic heterocycles. The molecule has 3 N–H and O–H groups in total. The highest BCUT2D eigenvalue weighted by molar-refractivity contribution is 5.94. The first-order chi connectivity index (χ1) is 8.02. The fourth-order valence-corrected chi connectivity index (χ4v) is 1.27. The molecule has 92 valence electrons. The third-order valence-corrected chi connectivity index (χ3v) is 2.31. The summed E-state index contributed by atoms with van der Waals surface area (Å²) in [7, 11) is 0. The molecule has 1 aromatic heterocycles. The quantitative estimate of drug-likeness (QED) is 0.664. The molecule has 2 atom stereocenters. The lowest BCUT2D eigenvalue weighted by atomic mass is 10.0. The maximum atomic E-state index is 11.6. The Labute approximate surface area is 98.3 Å². The number of aromatic nitrogens is 1. The van der Waals surface area contributed by atoms with Gasteiger partial charge in [-0.15, -0.1) is 0 Å². The zero-order chi connectivity index (χ0) is 12.8. The van der Waals surface area contributed by atoms with Crippen LogP contribution in [0.2, 0.25) is 0 Å². The van der Waals surface area contributed by atoms with E-state index in [1.807, 2.05) is 0 Å². The number of aliphatic hydroxyl groups excluding tert-OH is 1. The normalized spacial score (nSPS) is 13.8. The highest BCUT2D eigenvalue weighted by atomic mass is 16.4. The molecular formula is C11H14N2O4. The van der Waals surface area contributed by atoms with Crippen molar-refractivity contribution >= 4 is 11.9 Å². The van der Waals surface area contributed by atoms with Crippen LogP contribution in [0.1, 0.15) is 17.3 Å². The second-order valence-electron chi connectivity index (χ2n) is 3.64. The van der Waals surface area contributed by atoms with Crippen LogP contribution >= 0.6 is 0 Å². The largest absolute Gasteiger partial charge is 0.481 e. The highest BCUT2D eigenvalue weighted by Crippen LogP contribution is 2.03. The summed E-state index contributed by atoms with van der Waals surface area (Å²) in [6.07, 6.45) is 1.89. The van der Waals surface area contributed by atoms with Crippen molar-refractivity contribution in [1.29, 1.82) is 0 Å². The van der Waals surface area contributed by atoms with Gasteiger partial charge in [0, 0.05) is 18.9 Å². The molecule has 6 nitrogen and oxygen atoms in total. The number of amides is 1. The molecule has 2 unspecified atom stereocenters. The summed E-state index contributed by atoms with van der Waals surface area (Å²) < 4.78 is 0. The molecule has 0 spiro atoms. The van der Waals surface area contributed by atoms with Gasteiger partial charge >= 0.3 is 5.97 Å². The van der Waals surface area contributed by atoms with Gasteiger partial charge in [-0.05, 0) is 19.1 Å². The number of carboxylic acid groups (broad SMARTS) is 1. The third-order valence-electron chi connectivity index (χ3n) is 2.31. The van der Waals surface area contributed by atoms with Crippen LogP contribution in [0.15, 0.2) is 24.5 Å². The van der Waals surface area contributed by atoms with E-state index in [1.165, 1.54) is 19.3 Å². The van der Waals surface area contributed by atoms with Gasteiger partial charge in [0.1, 0.15) is 0 Å². The number of hydrogen-bond donors (Lipinski definition) is 3. The Kier molecular flexibility index (Phi) is 4.59. The van der Waals surface area contributed by atoms with Crippen molar-refractivity contribution in [3.8, 4) is 0 Å². The SMILES string of the molecule is CC(O)C(CNC(=O)c1cccnc1)C(=O)O. The molecule has 0 saturated carbocycles. The van der Waals surface area contributed by atoms with Crippen molar-refractivity contribution in [3.05, 3.63) is 30.1 Å². The van der Waals surface area contributed by atoms with Crippen LogP contribution in [-0.2, 0) is 4.79 Å². The number of carbonyl (C=O) groups excluding carboxylic acids is 1. The van der Waals surface area contributed by atoms with Crippen molar-refractivity contribution in [2.75, 3.05) is 6.54 Å². The lowest BCUT2D eigenvalue weighted by Crippen LogP contribution is -2.38. The summed E-state index contributed by atoms with van der Waals surface area (Å²) in [6, 6.07) is 3.18. The first-order valence-electron chi connectivity index (χ1n) is 5.11. The molecule has 0 radical (unpaired) electrons. The molecule has 0 bridgehead atoms. The van der Waals surface area contributed by atoms with Crippen LogP contribution < -0.4 is 5.32 Å². The molecule has 1 amide bonds. The number of hydrogen-bond acceptors (Lipinski definition) is 4. The Bertz CT molecular complexity index is 392. The van der Waals surface area contributed by atoms with Gasteiger partial charge in [-0.2, -0.15) is 0 Å². The summed E-state index contributed by atoms with van der Waals surface area (Å²) in [4.78, 5) is 26.1. The minimum Gasteiger partial charge on any atom is -0.481 e. The van der Waals surface area contributed by atoms with Gasteiger partial charge < -0.3 is 15.5 Å². The first-order valence-corrected chi connectivity index (χ1v) is 5.11. The Hall–Kier alpha value is -1.95. The van der Waals surface area contributed by atoms with Crippen molar-refractivity contribution in [2.45, 2.75) is 13.0 Å². The average Bonchev–Trinajstić information content (AvgIpc) is 2.29. The van der Waals surface area contributed by atoms with E-state index in [4.69, 9.17) is 5.11 Å². The van der Waals surface area contributed by atoms with Crippen molar-refractivity contribution in [2.24, 2.45) is 5.92 Å². The maximum absolute atomic E-state index is 11.6. The minimum absolute atomic E-state index is 0.124. The summed E-state index contributed by atoms with van der Waals surface area (Å²) in [6.45, 7) is 1.25. The molecule has 0 aromatic carbocycles. The fraction of sp³-hybridized carbons (Fsp3) is 0.364. The average molecular weight is 238 g/mol. The molecule has 0 aliphatic carbocycles. The fourth-order valence-electron chi connectivity index (χ4n) is 1.27. The van der Waals surface area contributed by atoms with Crippen LogP contribution in [-0.4, -0.2) is 39.7 Å². The summed E-state index contributed by atoms with van der Waals surface area (Å²) in [5, 5.41) is 20.5. The molecule has 0 saturated heterocycles. The van der Waals surface area contributed by atoms with Crippen LogP contribution in [0.4, 0.5) is 0 Å². The number of nitrogens with zero attached hydrogens (tertiary/aromatic N) is 1. The molecular weight excluding hydrogens is 224 g/mol. The number of rotatable bonds is 5. The van der Waals surface area contributed by atoms with E-state index in [-0.39, 0.29) is 6.54 Å². The van der Waals surface area contributed by atoms with Gasteiger partial charge in [-0.25, -0.2) is 0 Å². The van der Waals surface area contributed by atoms with Crippen molar-refractivity contribution in [1.82, 2.24) is 10.3 Å². The Balaban J connectivity index is 2.56. The van der Waals surface area contributed by atoms with Gasteiger partial charge in [-0.3, -0.25) is 14.6 Å². The minimum atomic E-state index is -1.15. The van der Waals surface area contributed by atoms with Crippen molar-refractivity contribution in [3.63, 3.8) is 0 Å². The van der Waals surface area contributed by atoms with Crippen LogP contribution in [0, 0.1) is 5.92 Å². The molecule has 1 aromatic rings. The highest BCUT2D eigenvalue weighted by Gasteiger charge is 2.23. The summed E-state index contributed by atoms with van der Waals surface area (Å²) >= 11 is 0. The van der Waals surface area contributed by atoms with Crippen LogP contribution in [0.25, 0.3) is 0 Å². The molecule has 1 heterocycles. The Morgan fingerprint density at radius 3 is 2.71 bits per heavy atom. The zero-order valence-corrected chi connectivity index (χ0v) is 9.33. The van der Waals surface area contributed by atoms with Gasteiger partial charge in [-0.1, -0.05) is 0 Å². The molecule has 0 fully saturated rings. The number of carboxylic acids is 1. The van der Waals surface area contributed by atoms with Crippen LogP contribution in [0.5, 0.6) is 0 Å². The first kappa shape index (κ1) is 13.1. The zero-order valence-electron chi connectivity index (χ0n) is 9.33. The number of aliphatic hydroxyl groups is 1. The van der Waals surface area contributed by atoms with E-state index in [2.05, 4.69) is 10.3 Å². The Morgan fingerprint density at radius 1 is 1.53 bits per heavy atom. The predicted molar refractivity (Wildman–Crippen MR) is 59.4 cm³/mol. The number of aliphatic carboxylic acids is 1. The molecule has 0 aliphatic rings. The molecule has 1 rings (SSSR count). The lowest BCUT2D eigenvalue weighted by molar-refractivity contribution is -0.144. The van der Waals surface area contributed by atoms with Gasteiger partial charge in [0.15, 0.2) is 0 Å². The summed E-state index contributed by atoms with van der Waals surface area (Å²) in [5.74, 6) is -2.58. The predicted octanol–water partition coefficient (Wildman–Crippen LogP) is -0.107. The van der Waals surface area contributed by atoms with E-state index in [9.17, 15) is 14.7 Å². The smallest absolute Gasteiger partial charge is 0.310 e.